The number of alkyl halides is 3. The molecule has 0 aliphatic heterocycles. The fraction of sp³-hybridized carbons (Fsp3) is 0.941. The normalized spacial score (nSPS) is 11.8. The van der Waals surface area contributed by atoms with Gasteiger partial charge in [0.15, 0.2) is 0 Å². The second-order valence-electron chi connectivity index (χ2n) is 6.07. The Bertz CT molecular complexity index is 264. The summed E-state index contributed by atoms with van der Waals surface area (Å²) in [6.45, 7) is 0. The molecule has 0 N–H and O–H groups in total. The maximum atomic E-state index is 11.9. The van der Waals surface area contributed by atoms with Crippen molar-refractivity contribution in [1.82, 2.24) is 0 Å². The lowest BCUT2D eigenvalue weighted by Crippen LogP contribution is -2.06. The van der Waals surface area contributed by atoms with Crippen LogP contribution in [0.1, 0.15) is 96.3 Å². The molecule has 0 radical (unpaired) electrons. The van der Waals surface area contributed by atoms with E-state index in [-0.39, 0.29) is 12.8 Å². The van der Waals surface area contributed by atoms with Crippen molar-refractivity contribution in [2.75, 3.05) is 0 Å². The monoisotopic (exact) mass is 326 g/mol. The van der Waals surface area contributed by atoms with E-state index < -0.39 is 18.6 Å². The van der Waals surface area contributed by atoms with Gasteiger partial charge < -0.3 is 0 Å². The largest absolute Gasteiger partial charge is 0.389 e. The zero-order valence-electron chi connectivity index (χ0n) is 13.5. The van der Waals surface area contributed by atoms with Crippen LogP contribution in [0.15, 0.2) is 0 Å². The molecule has 0 aromatic rings. The molecule has 0 fully saturated rings. The highest BCUT2D eigenvalue weighted by atomic mass is 19.4. The Morgan fingerprint density at radius 3 is 1.23 bits per heavy atom. The van der Waals surface area contributed by atoms with Crippen molar-refractivity contribution in [3.8, 4) is 0 Å². The van der Waals surface area contributed by atoms with E-state index in [0.29, 0.717) is 12.8 Å². The van der Waals surface area contributed by atoms with Gasteiger partial charge in [0.1, 0.15) is 0 Å². The van der Waals surface area contributed by atoms with E-state index in [9.17, 15) is 22.4 Å². The van der Waals surface area contributed by atoms with Crippen LogP contribution in [0.5, 0.6) is 0 Å². The SMILES string of the molecule is O=C(F)CCCCCCCCCCCCCCCC(F)(F)F. The highest BCUT2D eigenvalue weighted by Gasteiger charge is 2.25. The summed E-state index contributed by atoms with van der Waals surface area (Å²) >= 11 is 0. The summed E-state index contributed by atoms with van der Waals surface area (Å²) in [6.07, 6.45) is 7.91. The van der Waals surface area contributed by atoms with Crippen LogP contribution in [0, 0.1) is 0 Å². The fourth-order valence-corrected chi connectivity index (χ4v) is 2.53. The summed E-state index contributed by atoms with van der Waals surface area (Å²) in [5, 5.41) is 0. The summed E-state index contributed by atoms with van der Waals surface area (Å²) in [6, 6.07) is -1.21. The Balaban J connectivity index is 3.04. The van der Waals surface area contributed by atoms with Gasteiger partial charge in [-0.3, -0.25) is 4.79 Å². The lowest BCUT2D eigenvalue weighted by Gasteiger charge is -2.05. The molecule has 0 saturated carbocycles. The molecule has 132 valence electrons. The third-order valence-corrected chi connectivity index (χ3v) is 3.83. The van der Waals surface area contributed by atoms with Gasteiger partial charge in [0.05, 0.1) is 0 Å². The number of carbonyl (C=O) groups excluding carboxylic acids is 1. The summed E-state index contributed by atoms with van der Waals surface area (Å²) in [4.78, 5) is 10.1. The Morgan fingerprint density at radius 1 is 0.591 bits per heavy atom. The minimum atomic E-state index is -4.00. The number of hydrogen-bond donors (Lipinski definition) is 0. The molecule has 0 heterocycles. The van der Waals surface area contributed by atoms with Crippen LogP contribution in [0.4, 0.5) is 17.6 Å². The molecular formula is C17H30F4O. The van der Waals surface area contributed by atoms with Gasteiger partial charge in [-0.15, -0.1) is 0 Å². The summed E-state index contributed by atoms with van der Waals surface area (Å²) < 4.78 is 47.6. The average Bonchev–Trinajstić information content (AvgIpc) is 2.41. The number of hydrogen-bond acceptors (Lipinski definition) is 1. The van der Waals surface area contributed by atoms with E-state index >= 15 is 0 Å². The fourth-order valence-electron chi connectivity index (χ4n) is 2.53. The van der Waals surface area contributed by atoms with Gasteiger partial charge in [-0.1, -0.05) is 70.6 Å². The lowest BCUT2D eigenvalue weighted by atomic mass is 10.0. The van der Waals surface area contributed by atoms with E-state index in [1.54, 1.807) is 0 Å². The van der Waals surface area contributed by atoms with Crippen molar-refractivity contribution in [1.29, 1.82) is 0 Å². The predicted molar refractivity (Wildman–Crippen MR) is 81.4 cm³/mol. The molecule has 0 aromatic carbocycles. The molecule has 0 bridgehead atoms. The molecule has 5 heteroatoms. The van der Waals surface area contributed by atoms with E-state index in [1.165, 1.54) is 19.3 Å². The van der Waals surface area contributed by atoms with Crippen LogP contribution in [0.25, 0.3) is 0 Å². The summed E-state index contributed by atoms with van der Waals surface area (Å²) in [5.41, 5.74) is 0. The van der Waals surface area contributed by atoms with E-state index in [0.717, 1.165) is 44.9 Å². The van der Waals surface area contributed by atoms with E-state index in [4.69, 9.17) is 0 Å². The van der Waals surface area contributed by atoms with Crippen molar-refractivity contribution in [3.05, 3.63) is 0 Å². The smallest absolute Gasteiger partial charge is 0.261 e. The van der Waals surface area contributed by atoms with Crippen molar-refractivity contribution in [3.63, 3.8) is 0 Å². The molecule has 0 atom stereocenters. The van der Waals surface area contributed by atoms with Crippen LogP contribution in [-0.4, -0.2) is 12.2 Å². The van der Waals surface area contributed by atoms with Crippen LogP contribution >= 0.6 is 0 Å². The van der Waals surface area contributed by atoms with Gasteiger partial charge in [0, 0.05) is 12.8 Å². The van der Waals surface area contributed by atoms with Gasteiger partial charge >= 0.3 is 12.2 Å². The quantitative estimate of drug-likeness (QED) is 0.182. The number of rotatable bonds is 15. The van der Waals surface area contributed by atoms with Crippen molar-refractivity contribution >= 4 is 6.04 Å². The Labute approximate surface area is 131 Å². The van der Waals surface area contributed by atoms with E-state index in [1.807, 2.05) is 0 Å². The van der Waals surface area contributed by atoms with E-state index in [2.05, 4.69) is 0 Å². The first-order chi connectivity index (χ1) is 10.4. The second-order valence-corrected chi connectivity index (χ2v) is 6.07. The number of carbonyl (C=O) groups is 1. The lowest BCUT2D eigenvalue weighted by molar-refractivity contribution is -0.135. The Kier molecular flexibility index (Phi) is 13.6. The van der Waals surface area contributed by atoms with Crippen LogP contribution < -0.4 is 0 Å². The third-order valence-electron chi connectivity index (χ3n) is 3.83. The molecule has 22 heavy (non-hydrogen) atoms. The molecule has 0 spiro atoms. The highest BCUT2D eigenvalue weighted by molar-refractivity contribution is 5.67. The first-order valence-corrected chi connectivity index (χ1v) is 8.67. The van der Waals surface area contributed by atoms with Crippen LogP contribution in [0.2, 0.25) is 0 Å². The maximum Gasteiger partial charge on any atom is 0.389 e. The molecule has 0 unspecified atom stereocenters. The minimum Gasteiger partial charge on any atom is -0.261 e. The first-order valence-electron chi connectivity index (χ1n) is 8.67. The molecular weight excluding hydrogens is 296 g/mol. The molecule has 0 aromatic heterocycles. The van der Waals surface area contributed by atoms with Gasteiger partial charge in [-0.2, -0.15) is 17.6 Å². The third kappa shape index (κ3) is 19.4. The van der Waals surface area contributed by atoms with Crippen molar-refractivity contribution < 1.29 is 22.4 Å². The maximum absolute atomic E-state index is 11.9. The van der Waals surface area contributed by atoms with Gasteiger partial charge in [-0.05, 0) is 12.8 Å². The van der Waals surface area contributed by atoms with Gasteiger partial charge in [-0.25, -0.2) is 0 Å². The van der Waals surface area contributed by atoms with Crippen LogP contribution in [0.3, 0.4) is 0 Å². The number of unbranched alkanes of at least 4 members (excludes halogenated alkanes) is 12. The first kappa shape index (κ1) is 21.4. The number of halogens is 4. The molecule has 0 amide bonds. The topological polar surface area (TPSA) is 17.1 Å². The second kappa shape index (κ2) is 14.0. The summed E-state index contributed by atoms with van der Waals surface area (Å²) in [5.74, 6) is 0. The minimum absolute atomic E-state index is 0.0585. The zero-order chi connectivity index (χ0) is 16.7. The molecule has 0 saturated heterocycles. The van der Waals surface area contributed by atoms with Crippen molar-refractivity contribution in [2.24, 2.45) is 0 Å². The summed E-state index contributed by atoms with van der Waals surface area (Å²) in [7, 11) is 0. The molecule has 0 aliphatic carbocycles. The standard InChI is InChI=1S/C17H30F4O/c18-16(22)14-12-10-8-6-4-2-1-3-5-7-9-11-13-15-17(19,20)21/h1-15H2. The van der Waals surface area contributed by atoms with Crippen molar-refractivity contribution in [2.45, 2.75) is 102 Å². The van der Waals surface area contributed by atoms with Crippen LogP contribution in [-0.2, 0) is 4.79 Å². The molecule has 0 rings (SSSR count). The Morgan fingerprint density at radius 2 is 0.909 bits per heavy atom. The Hall–Kier alpha value is -0.610. The predicted octanol–water partition coefficient (Wildman–Crippen LogP) is 6.90. The van der Waals surface area contributed by atoms with Gasteiger partial charge in [0.25, 0.3) is 0 Å². The highest BCUT2D eigenvalue weighted by Crippen LogP contribution is 2.23. The zero-order valence-corrected chi connectivity index (χ0v) is 13.5. The average molecular weight is 326 g/mol. The molecule has 0 aliphatic rings. The van der Waals surface area contributed by atoms with Gasteiger partial charge in [0.2, 0.25) is 0 Å². The molecule has 1 nitrogen and oxygen atoms in total.